The minimum absolute atomic E-state index is 0.0102. The molecule has 0 radical (unpaired) electrons. The van der Waals surface area contributed by atoms with Crippen LogP contribution in [0, 0.1) is 11.3 Å². The number of aliphatic hydroxyl groups is 1. The van der Waals surface area contributed by atoms with Crippen molar-refractivity contribution in [3.8, 4) is 0 Å². The molecular weight excluding hydrogens is 204 g/mol. The van der Waals surface area contributed by atoms with Gasteiger partial charge in [0, 0.05) is 5.57 Å². The fraction of sp³-hybridized carbons (Fsp3) is 0.692. The maximum atomic E-state index is 11.0. The van der Waals surface area contributed by atoms with Gasteiger partial charge in [0.25, 0.3) is 0 Å². The van der Waals surface area contributed by atoms with E-state index in [1.807, 2.05) is 6.08 Å². The molecule has 3 atom stereocenters. The highest BCUT2D eigenvalue weighted by Crippen LogP contribution is 2.50. The molecule has 3 heteroatoms. The van der Waals surface area contributed by atoms with Gasteiger partial charge in [-0.1, -0.05) is 25.8 Å². The molecule has 2 aliphatic carbocycles. The van der Waals surface area contributed by atoms with Crippen LogP contribution in [0.4, 0.5) is 0 Å². The number of aldehydes is 2. The zero-order chi connectivity index (χ0) is 11.8. The Balaban J connectivity index is 2.42. The van der Waals surface area contributed by atoms with Crippen molar-refractivity contribution in [1.29, 1.82) is 0 Å². The lowest BCUT2D eigenvalue weighted by Gasteiger charge is -2.46. The highest BCUT2D eigenvalue weighted by Gasteiger charge is 2.47. The average Bonchev–Trinajstić information content (AvgIpc) is 2.29. The zero-order valence-corrected chi connectivity index (χ0v) is 9.61. The first-order chi connectivity index (χ1) is 7.54. The number of allylic oxidation sites excluding steroid dienone is 1. The van der Waals surface area contributed by atoms with Crippen LogP contribution in [0.15, 0.2) is 11.6 Å². The van der Waals surface area contributed by atoms with Gasteiger partial charge in [-0.05, 0) is 30.6 Å². The molecular formula is C13H18O3. The summed E-state index contributed by atoms with van der Waals surface area (Å²) in [6.07, 6.45) is 7.78. The Labute approximate surface area is 95.5 Å². The first kappa shape index (κ1) is 11.5. The molecule has 0 spiro atoms. The molecule has 0 saturated heterocycles. The van der Waals surface area contributed by atoms with Gasteiger partial charge in [0.1, 0.15) is 11.9 Å². The zero-order valence-electron chi connectivity index (χ0n) is 9.61. The minimum atomic E-state index is -1.54. The molecule has 0 aromatic carbocycles. The molecule has 0 amide bonds. The highest BCUT2D eigenvalue weighted by atomic mass is 16.3. The van der Waals surface area contributed by atoms with Crippen LogP contribution in [0.25, 0.3) is 0 Å². The summed E-state index contributed by atoms with van der Waals surface area (Å²) in [6, 6.07) is 0. The Morgan fingerprint density at radius 2 is 2.19 bits per heavy atom. The molecule has 1 N–H and O–H groups in total. The molecule has 0 aliphatic heterocycles. The average molecular weight is 222 g/mol. The summed E-state index contributed by atoms with van der Waals surface area (Å²) in [5.74, 6) is 0.320. The number of hydrogen-bond acceptors (Lipinski definition) is 3. The molecule has 0 bridgehead atoms. The molecule has 0 heterocycles. The van der Waals surface area contributed by atoms with Gasteiger partial charge in [0.15, 0.2) is 6.29 Å². The van der Waals surface area contributed by atoms with Gasteiger partial charge in [-0.3, -0.25) is 9.59 Å². The molecule has 88 valence electrons. The molecule has 1 saturated carbocycles. The van der Waals surface area contributed by atoms with Crippen LogP contribution in [0.5, 0.6) is 0 Å². The third kappa shape index (κ3) is 1.63. The van der Waals surface area contributed by atoms with Crippen LogP contribution in [-0.2, 0) is 9.59 Å². The first-order valence-electron chi connectivity index (χ1n) is 5.91. The van der Waals surface area contributed by atoms with Crippen molar-refractivity contribution < 1.29 is 14.7 Å². The Kier molecular flexibility index (Phi) is 2.74. The third-order valence-electron chi connectivity index (χ3n) is 4.32. The molecule has 0 aromatic heterocycles. The van der Waals surface area contributed by atoms with E-state index in [1.165, 1.54) is 0 Å². The fourth-order valence-electron chi connectivity index (χ4n) is 3.18. The SMILES string of the molecule is C[C@]12C=C(C=O)[C@](O)(C=O)C[C@H]1CCCC2. The summed E-state index contributed by atoms with van der Waals surface area (Å²) < 4.78 is 0. The van der Waals surface area contributed by atoms with E-state index < -0.39 is 5.60 Å². The summed E-state index contributed by atoms with van der Waals surface area (Å²) in [6.45, 7) is 2.13. The third-order valence-corrected chi connectivity index (χ3v) is 4.32. The molecule has 3 nitrogen and oxygen atoms in total. The van der Waals surface area contributed by atoms with E-state index in [4.69, 9.17) is 0 Å². The Hall–Kier alpha value is -0.960. The summed E-state index contributed by atoms with van der Waals surface area (Å²) in [4.78, 5) is 21.9. The number of fused-ring (bicyclic) bond motifs is 1. The molecule has 2 aliphatic rings. The number of rotatable bonds is 2. The fourth-order valence-corrected chi connectivity index (χ4v) is 3.18. The van der Waals surface area contributed by atoms with E-state index in [2.05, 4.69) is 6.92 Å². The quantitative estimate of drug-likeness (QED) is 0.723. The number of carbonyl (C=O) groups is 2. The maximum Gasteiger partial charge on any atom is 0.156 e. The second-order valence-electron chi connectivity index (χ2n) is 5.41. The largest absolute Gasteiger partial charge is 0.377 e. The van der Waals surface area contributed by atoms with E-state index in [0.717, 1.165) is 25.7 Å². The van der Waals surface area contributed by atoms with Crippen LogP contribution >= 0.6 is 0 Å². The van der Waals surface area contributed by atoms with Crippen molar-refractivity contribution in [1.82, 2.24) is 0 Å². The minimum Gasteiger partial charge on any atom is -0.377 e. The number of hydrogen-bond donors (Lipinski definition) is 1. The van der Waals surface area contributed by atoms with E-state index in [9.17, 15) is 14.7 Å². The van der Waals surface area contributed by atoms with E-state index in [1.54, 1.807) is 0 Å². The first-order valence-corrected chi connectivity index (χ1v) is 5.91. The Morgan fingerprint density at radius 1 is 1.44 bits per heavy atom. The van der Waals surface area contributed by atoms with Gasteiger partial charge in [0.05, 0.1) is 0 Å². The van der Waals surface area contributed by atoms with E-state index >= 15 is 0 Å². The Morgan fingerprint density at radius 3 is 2.81 bits per heavy atom. The molecule has 0 unspecified atom stereocenters. The second-order valence-corrected chi connectivity index (χ2v) is 5.41. The normalized spacial score (nSPS) is 43.1. The molecule has 2 rings (SSSR count). The van der Waals surface area contributed by atoms with Gasteiger partial charge < -0.3 is 5.11 Å². The maximum absolute atomic E-state index is 11.0. The highest BCUT2D eigenvalue weighted by molar-refractivity contribution is 5.87. The van der Waals surface area contributed by atoms with Crippen molar-refractivity contribution in [2.24, 2.45) is 11.3 Å². The lowest BCUT2D eigenvalue weighted by Crippen LogP contribution is -2.46. The molecule has 16 heavy (non-hydrogen) atoms. The number of carbonyl (C=O) groups excluding carboxylic acids is 2. The van der Waals surface area contributed by atoms with Gasteiger partial charge in [-0.15, -0.1) is 0 Å². The van der Waals surface area contributed by atoms with Crippen molar-refractivity contribution in [2.75, 3.05) is 0 Å². The van der Waals surface area contributed by atoms with Crippen LogP contribution in [-0.4, -0.2) is 23.3 Å². The van der Waals surface area contributed by atoms with Crippen molar-refractivity contribution >= 4 is 12.6 Å². The predicted octanol–water partition coefficient (Wildman–Crippen LogP) is 1.64. The summed E-state index contributed by atoms with van der Waals surface area (Å²) in [7, 11) is 0. The van der Waals surface area contributed by atoms with Crippen LogP contribution < -0.4 is 0 Å². The van der Waals surface area contributed by atoms with E-state index in [-0.39, 0.29) is 11.0 Å². The summed E-state index contributed by atoms with van der Waals surface area (Å²) >= 11 is 0. The smallest absolute Gasteiger partial charge is 0.156 e. The lowest BCUT2D eigenvalue weighted by molar-refractivity contribution is -0.127. The second kappa shape index (κ2) is 3.81. The van der Waals surface area contributed by atoms with Crippen LogP contribution in [0.3, 0.4) is 0 Å². The molecule has 0 aromatic rings. The van der Waals surface area contributed by atoms with Gasteiger partial charge >= 0.3 is 0 Å². The standard InChI is InChI=1S/C13H18O3/c1-12-5-3-2-4-10(12)7-13(16,9-15)11(6-12)8-14/h6,8-10,16H,2-5,7H2,1H3/t10-,12+,13-/m1/s1. The van der Waals surface area contributed by atoms with Crippen molar-refractivity contribution in [3.05, 3.63) is 11.6 Å². The topological polar surface area (TPSA) is 54.4 Å². The summed E-state index contributed by atoms with van der Waals surface area (Å²) in [5, 5.41) is 10.1. The van der Waals surface area contributed by atoms with Crippen molar-refractivity contribution in [2.45, 2.75) is 44.6 Å². The molecule has 1 fully saturated rings. The van der Waals surface area contributed by atoms with Crippen molar-refractivity contribution in [3.63, 3.8) is 0 Å². The van der Waals surface area contributed by atoms with Crippen LogP contribution in [0.1, 0.15) is 39.0 Å². The van der Waals surface area contributed by atoms with E-state index in [0.29, 0.717) is 24.9 Å². The lowest BCUT2D eigenvalue weighted by atomic mass is 9.59. The monoisotopic (exact) mass is 222 g/mol. The van der Waals surface area contributed by atoms with Gasteiger partial charge in [-0.2, -0.15) is 0 Å². The van der Waals surface area contributed by atoms with Crippen LogP contribution in [0.2, 0.25) is 0 Å². The van der Waals surface area contributed by atoms with Gasteiger partial charge in [-0.25, -0.2) is 0 Å². The summed E-state index contributed by atoms with van der Waals surface area (Å²) in [5.41, 5.74) is -1.30. The Bertz CT molecular complexity index is 347. The predicted molar refractivity (Wildman–Crippen MR) is 59.8 cm³/mol. The van der Waals surface area contributed by atoms with Gasteiger partial charge in [0.2, 0.25) is 0 Å².